The van der Waals surface area contributed by atoms with Gasteiger partial charge in [0.2, 0.25) is 0 Å². The number of nitrogens with zero attached hydrogens (tertiary/aromatic N) is 2. The van der Waals surface area contributed by atoms with Gasteiger partial charge < -0.3 is 5.11 Å². The van der Waals surface area contributed by atoms with Gasteiger partial charge in [0, 0.05) is 11.5 Å². The Labute approximate surface area is 117 Å². The Morgan fingerprint density at radius 3 is 2.70 bits per heavy atom. The van der Waals surface area contributed by atoms with E-state index in [1.807, 2.05) is 0 Å². The van der Waals surface area contributed by atoms with Crippen molar-refractivity contribution in [3.8, 4) is 11.4 Å². The highest BCUT2D eigenvalue weighted by molar-refractivity contribution is 5.94. The largest absolute Gasteiger partial charge is 0.478 e. The number of aromatic carboxylic acids is 1. The van der Waals surface area contributed by atoms with Crippen LogP contribution < -0.4 is 0 Å². The maximum absolute atomic E-state index is 11.2. The maximum Gasteiger partial charge on any atom is 0.336 e. The molecule has 0 spiro atoms. The average Bonchev–Trinajstić information content (AvgIpc) is 2.98. The van der Waals surface area contributed by atoms with Gasteiger partial charge in [0.05, 0.1) is 5.56 Å². The Balaban J connectivity index is 1.92. The molecule has 0 aliphatic heterocycles. The standard InChI is InChI=1S/C15H17N3O2/c19-15(20)12-9-5-4-8-11(12)14-16-13(17-18-14)10-6-2-1-3-7-10/h4-5,8-10H,1-3,6-7H2,(H,19,20)(H,16,17,18). The van der Waals surface area contributed by atoms with Crippen LogP contribution in [0.15, 0.2) is 24.3 Å². The van der Waals surface area contributed by atoms with E-state index in [-0.39, 0.29) is 5.56 Å². The number of hydrogen-bond donors (Lipinski definition) is 2. The number of carboxylic acid groups (broad SMARTS) is 1. The highest BCUT2D eigenvalue weighted by atomic mass is 16.4. The summed E-state index contributed by atoms with van der Waals surface area (Å²) in [6.45, 7) is 0. The minimum absolute atomic E-state index is 0.238. The van der Waals surface area contributed by atoms with E-state index in [1.165, 1.54) is 19.3 Å². The Morgan fingerprint density at radius 2 is 1.95 bits per heavy atom. The monoisotopic (exact) mass is 271 g/mol. The molecule has 1 aliphatic carbocycles. The van der Waals surface area contributed by atoms with Crippen LogP contribution in [0, 0.1) is 0 Å². The smallest absolute Gasteiger partial charge is 0.336 e. The lowest BCUT2D eigenvalue weighted by Gasteiger charge is -2.18. The van der Waals surface area contributed by atoms with Crippen LogP contribution in [0.1, 0.15) is 54.2 Å². The predicted molar refractivity (Wildman–Crippen MR) is 74.6 cm³/mol. The molecule has 5 heteroatoms. The second-order valence-corrected chi connectivity index (χ2v) is 5.23. The molecule has 3 rings (SSSR count). The zero-order chi connectivity index (χ0) is 13.9. The van der Waals surface area contributed by atoms with Crippen molar-refractivity contribution < 1.29 is 9.90 Å². The summed E-state index contributed by atoms with van der Waals surface area (Å²) in [7, 11) is 0. The third-order valence-electron chi connectivity index (χ3n) is 3.89. The molecule has 1 saturated carbocycles. The lowest BCUT2D eigenvalue weighted by molar-refractivity contribution is 0.0697. The van der Waals surface area contributed by atoms with Gasteiger partial charge in [-0.3, -0.25) is 5.10 Å². The van der Waals surface area contributed by atoms with Gasteiger partial charge in [0.1, 0.15) is 5.82 Å². The van der Waals surface area contributed by atoms with Gasteiger partial charge in [-0.25, -0.2) is 9.78 Å². The Kier molecular flexibility index (Phi) is 3.50. The number of nitrogens with one attached hydrogen (secondary N) is 1. The quantitative estimate of drug-likeness (QED) is 0.898. The third-order valence-corrected chi connectivity index (χ3v) is 3.89. The van der Waals surface area contributed by atoms with Crippen LogP contribution in [0.4, 0.5) is 0 Å². The van der Waals surface area contributed by atoms with Gasteiger partial charge in [0.15, 0.2) is 5.82 Å². The van der Waals surface area contributed by atoms with E-state index in [0.717, 1.165) is 18.7 Å². The SMILES string of the molecule is O=C(O)c1ccccc1-c1n[nH]c(C2CCCCC2)n1. The summed E-state index contributed by atoms with van der Waals surface area (Å²) in [6, 6.07) is 6.84. The van der Waals surface area contributed by atoms with Gasteiger partial charge in [-0.05, 0) is 18.9 Å². The fraction of sp³-hybridized carbons (Fsp3) is 0.400. The molecule has 0 radical (unpaired) electrons. The summed E-state index contributed by atoms with van der Waals surface area (Å²) >= 11 is 0. The molecule has 0 saturated heterocycles. The van der Waals surface area contributed by atoms with Crippen molar-refractivity contribution in [3.63, 3.8) is 0 Å². The lowest BCUT2D eigenvalue weighted by atomic mass is 9.89. The first-order valence-electron chi connectivity index (χ1n) is 7.00. The van der Waals surface area contributed by atoms with Crippen LogP contribution in [-0.2, 0) is 0 Å². The number of hydrogen-bond acceptors (Lipinski definition) is 3. The molecule has 0 bridgehead atoms. The van der Waals surface area contributed by atoms with Gasteiger partial charge in [-0.2, -0.15) is 5.10 Å². The van der Waals surface area contributed by atoms with Crippen molar-refractivity contribution in [1.29, 1.82) is 0 Å². The van der Waals surface area contributed by atoms with Crippen LogP contribution in [0.5, 0.6) is 0 Å². The minimum atomic E-state index is -0.954. The number of carboxylic acids is 1. The molecule has 0 unspecified atom stereocenters. The lowest BCUT2D eigenvalue weighted by Crippen LogP contribution is -2.06. The van der Waals surface area contributed by atoms with E-state index in [1.54, 1.807) is 24.3 Å². The van der Waals surface area contributed by atoms with Gasteiger partial charge >= 0.3 is 5.97 Å². The molecule has 1 aliphatic rings. The van der Waals surface area contributed by atoms with Crippen molar-refractivity contribution in [2.45, 2.75) is 38.0 Å². The van der Waals surface area contributed by atoms with Crippen LogP contribution in [0.3, 0.4) is 0 Å². The molecule has 5 nitrogen and oxygen atoms in total. The number of aromatic amines is 1. The zero-order valence-electron chi connectivity index (χ0n) is 11.2. The van der Waals surface area contributed by atoms with Crippen LogP contribution in [0.25, 0.3) is 11.4 Å². The van der Waals surface area contributed by atoms with E-state index in [4.69, 9.17) is 0 Å². The molecule has 104 valence electrons. The first kappa shape index (κ1) is 12.8. The second-order valence-electron chi connectivity index (χ2n) is 5.23. The molecule has 0 atom stereocenters. The Morgan fingerprint density at radius 1 is 1.20 bits per heavy atom. The molecule has 1 aromatic carbocycles. The molecule has 1 fully saturated rings. The van der Waals surface area contributed by atoms with Crippen LogP contribution in [0.2, 0.25) is 0 Å². The summed E-state index contributed by atoms with van der Waals surface area (Å²) in [6.07, 6.45) is 6.02. The van der Waals surface area contributed by atoms with Crippen molar-refractivity contribution in [2.75, 3.05) is 0 Å². The molecule has 1 aromatic heterocycles. The number of rotatable bonds is 3. The van der Waals surface area contributed by atoms with Crippen molar-refractivity contribution in [1.82, 2.24) is 15.2 Å². The molecule has 2 aromatic rings. The van der Waals surface area contributed by atoms with Crippen molar-refractivity contribution in [2.24, 2.45) is 0 Å². The molecule has 20 heavy (non-hydrogen) atoms. The number of H-pyrrole nitrogens is 1. The summed E-state index contributed by atoms with van der Waals surface area (Å²) in [5, 5.41) is 16.4. The Bertz CT molecular complexity index is 615. The van der Waals surface area contributed by atoms with E-state index < -0.39 is 5.97 Å². The van der Waals surface area contributed by atoms with E-state index in [2.05, 4.69) is 15.2 Å². The summed E-state index contributed by atoms with van der Waals surface area (Å²) in [5.41, 5.74) is 0.806. The van der Waals surface area contributed by atoms with Crippen molar-refractivity contribution >= 4 is 5.97 Å². The normalized spacial score (nSPS) is 16.2. The topological polar surface area (TPSA) is 78.9 Å². The number of benzene rings is 1. The summed E-state index contributed by atoms with van der Waals surface area (Å²) in [4.78, 5) is 15.8. The zero-order valence-corrected chi connectivity index (χ0v) is 11.2. The first-order chi connectivity index (χ1) is 9.75. The van der Waals surface area contributed by atoms with Gasteiger partial charge in [0.25, 0.3) is 0 Å². The third kappa shape index (κ3) is 2.43. The second kappa shape index (κ2) is 5.45. The average molecular weight is 271 g/mol. The summed E-state index contributed by atoms with van der Waals surface area (Å²) < 4.78 is 0. The minimum Gasteiger partial charge on any atom is -0.478 e. The number of carbonyl (C=O) groups is 1. The van der Waals surface area contributed by atoms with Gasteiger partial charge in [-0.15, -0.1) is 0 Å². The summed E-state index contributed by atoms with van der Waals surface area (Å²) in [5.74, 6) is 0.843. The van der Waals surface area contributed by atoms with Gasteiger partial charge in [-0.1, -0.05) is 37.5 Å². The molecular formula is C15H17N3O2. The maximum atomic E-state index is 11.2. The number of aromatic nitrogens is 3. The predicted octanol–water partition coefficient (Wildman–Crippen LogP) is 3.22. The molecular weight excluding hydrogens is 254 g/mol. The molecule has 2 N–H and O–H groups in total. The van der Waals surface area contributed by atoms with Crippen LogP contribution >= 0.6 is 0 Å². The van der Waals surface area contributed by atoms with E-state index in [9.17, 15) is 9.90 Å². The fourth-order valence-corrected chi connectivity index (χ4v) is 2.82. The fourth-order valence-electron chi connectivity index (χ4n) is 2.82. The first-order valence-corrected chi connectivity index (χ1v) is 7.00. The highest BCUT2D eigenvalue weighted by Crippen LogP contribution is 2.31. The molecule has 0 amide bonds. The van der Waals surface area contributed by atoms with E-state index >= 15 is 0 Å². The van der Waals surface area contributed by atoms with Crippen molar-refractivity contribution in [3.05, 3.63) is 35.7 Å². The van der Waals surface area contributed by atoms with Crippen LogP contribution in [-0.4, -0.2) is 26.3 Å². The van der Waals surface area contributed by atoms with E-state index in [0.29, 0.717) is 17.3 Å². The Hall–Kier alpha value is -2.17. The molecule has 1 heterocycles. The highest BCUT2D eigenvalue weighted by Gasteiger charge is 2.21.